The van der Waals surface area contributed by atoms with Gasteiger partial charge in [0.15, 0.2) is 0 Å². The molecule has 8 nitrogen and oxygen atoms in total. The lowest BCUT2D eigenvalue weighted by Gasteiger charge is -2.30. The quantitative estimate of drug-likeness (QED) is 0.326. The van der Waals surface area contributed by atoms with Crippen LogP contribution in [0, 0.1) is 0 Å². The Kier molecular flexibility index (Phi) is 12.0. The van der Waals surface area contributed by atoms with Crippen molar-refractivity contribution >= 4 is 50.7 Å². The Morgan fingerprint density at radius 3 is 2.46 bits per heavy atom. The number of halogens is 2. The number of sulfonamides is 1. The molecule has 0 bridgehead atoms. The van der Waals surface area contributed by atoms with E-state index >= 15 is 0 Å². The Bertz CT molecular complexity index is 1180. The van der Waals surface area contributed by atoms with E-state index in [2.05, 4.69) is 5.32 Å². The Morgan fingerprint density at radius 2 is 1.84 bits per heavy atom. The minimum Gasteiger partial charge on any atom is -0.497 e. The van der Waals surface area contributed by atoms with Crippen molar-refractivity contribution in [3.05, 3.63) is 58.1 Å². The maximum atomic E-state index is 13.4. The summed E-state index contributed by atoms with van der Waals surface area (Å²) < 4.78 is 31.4. The number of hydrogen-bond acceptors (Lipinski definition) is 5. The van der Waals surface area contributed by atoms with Gasteiger partial charge in [0.1, 0.15) is 11.8 Å². The van der Waals surface area contributed by atoms with E-state index in [0.29, 0.717) is 33.6 Å². The molecular weight excluding hydrogens is 537 g/mol. The summed E-state index contributed by atoms with van der Waals surface area (Å²) in [4.78, 5) is 27.6. The van der Waals surface area contributed by atoms with Gasteiger partial charge in [0.05, 0.1) is 19.1 Å². The summed E-state index contributed by atoms with van der Waals surface area (Å²) >= 11 is 12.4. The molecule has 0 saturated heterocycles. The number of ether oxygens (including phenoxy) is 1. The van der Waals surface area contributed by atoms with E-state index in [1.807, 2.05) is 6.92 Å². The van der Waals surface area contributed by atoms with Crippen LogP contribution in [0.4, 0.5) is 5.69 Å². The highest BCUT2D eigenvalue weighted by Gasteiger charge is 2.27. The fraction of sp³-hybridized carbons (Fsp3) is 0.462. The average Bonchev–Trinajstić information content (AvgIpc) is 2.85. The number of carbonyl (C=O) groups excluding carboxylic acids is 2. The number of anilines is 1. The zero-order chi connectivity index (χ0) is 27.6. The molecule has 37 heavy (non-hydrogen) atoms. The molecule has 11 heteroatoms. The molecule has 0 saturated carbocycles. The highest BCUT2D eigenvalue weighted by Crippen LogP contribution is 2.25. The fourth-order valence-electron chi connectivity index (χ4n) is 3.72. The van der Waals surface area contributed by atoms with Crippen LogP contribution in [0.15, 0.2) is 42.5 Å². The molecule has 1 N–H and O–H groups in total. The molecule has 0 unspecified atom stereocenters. The van der Waals surface area contributed by atoms with E-state index in [4.69, 9.17) is 27.9 Å². The zero-order valence-corrected chi connectivity index (χ0v) is 24.0. The molecule has 2 amide bonds. The molecule has 204 valence electrons. The molecule has 0 radical (unpaired) electrons. The average molecular weight is 573 g/mol. The summed E-state index contributed by atoms with van der Waals surface area (Å²) in [6.45, 7) is 4.42. The maximum absolute atomic E-state index is 13.4. The van der Waals surface area contributed by atoms with Crippen LogP contribution in [-0.2, 0) is 26.2 Å². The number of methoxy groups -OCH3 is 1. The van der Waals surface area contributed by atoms with Crippen molar-refractivity contribution < 1.29 is 22.7 Å². The summed E-state index contributed by atoms with van der Waals surface area (Å²) in [5.74, 6) is -0.0274. The van der Waals surface area contributed by atoms with E-state index in [-0.39, 0.29) is 37.7 Å². The van der Waals surface area contributed by atoms with Gasteiger partial charge in [-0.1, -0.05) is 48.7 Å². The standard InChI is InChI=1S/C26H35Cl2N3O5S/c1-5-6-14-29-26(33)19(2)30(18-20-12-13-21(27)16-24(20)28)25(32)11-8-15-31(37(4,34)35)22-9-7-10-23(17-22)36-3/h7,9-10,12-13,16-17,19H,5-6,8,11,14-15,18H2,1-4H3,(H,29,33)/t19-/m1/s1. The van der Waals surface area contributed by atoms with Crippen LogP contribution in [0.3, 0.4) is 0 Å². The van der Waals surface area contributed by atoms with Gasteiger partial charge >= 0.3 is 0 Å². The van der Waals surface area contributed by atoms with E-state index in [0.717, 1.165) is 19.1 Å². The summed E-state index contributed by atoms with van der Waals surface area (Å²) in [5.41, 5.74) is 1.10. The fourth-order valence-corrected chi connectivity index (χ4v) is 5.15. The van der Waals surface area contributed by atoms with Crippen molar-refractivity contribution in [1.82, 2.24) is 10.2 Å². The summed E-state index contributed by atoms with van der Waals surface area (Å²) in [5, 5.41) is 3.73. The molecular formula is C26H35Cl2N3O5S. The van der Waals surface area contributed by atoms with Gasteiger partial charge in [-0.05, 0) is 49.6 Å². The third-order valence-electron chi connectivity index (χ3n) is 5.85. The van der Waals surface area contributed by atoms with E-state index in [9.17, 15) is 18.0 Å². The van der Waals surface area contributed by atoms with Gasteiger partial charge < -0.3 is 15.0 Å². The topological polar surface area (TPSA) is 96.0 Å². The second-order valence-corrected chi connectivity index (χ2v) is 11.5. The van der Waals surface area contributed by atoms with Crippen molar-refractivity contribution in [3.8, 4) is 5.75 Å². The molecule has 0 aliphatic rings. The third-order valence-corrected chi connectivity index (χ3v) is 7.63. The van der Waals surface area contributed by atoms with Crippen LogP contribution in [0.25, 0.3) is 0 Å². The molecule has 0 heterocycles. The molecule has 1 atom stereocenters. The lowest BCUT2D eigenvalue weighted by molar-refractivity contribution is -0.140. The highest BCUT2D eigenvalue weighted by molar-refractivity contribution is 7.92. The van der Waals surface area contributed by atoms with Crippen molar-refractivity contribution in [2.24, 2.45) is 0 Å². The molecule has 0 aliphatic carbocycles. The number of hydrogen-bond donors (Lipinski definition) is 1. The Labute approximate surface area is 229 Å². The normalized spacial score (nSPS) is 12.1. The van der Waals surface area contributed by atoms with E-state index in [1.54, 1.807) is 49.4 Å². The number of carbonyl (C=O) groups is 2. The predicted molar refractivity (Wildman–Crippen MR) is 149 cm³/mol. The number of unbranched alkanes of at least 4 members (excludes halogenated alkanes) is 1. The number of benzene rings is 2. The van der Waals surface area contributed by atoms with Crippen LogP contribution in [0.1, 0.15) is 45.1 Å². The van der Waals surface area contributed by atoms with Gasteiger partial charge in [-0.3, -0.25) is 13.9 Å². The molecule has 2 aromatic rings. The SMILES string of the molecule is CCCCNC(=O)[C@@H](C)N(Cc1ccc(Cl)cc1Cl)C(=O)CCCN(c1cccc(OC)c1)S(C)(=O)=O. The van der Waals surface area contributed by atoms with Crippen LogP contribution in [-0.4, -0.2) is 57.6 Å². The van der Waals surface area contributed by atoms with Crippen LogP contribution in [0.2, 0.25) is 10.0 Å². The number of nitrogens with one attached hydrogen (secondary N) is 1. The van der Waals surface area contributed by atoms with Gasteiger partial charge in [-0.25, -0.2) is 8.42 Å². The Hall–Kier alpha value is -2.49. The van der Waals surface area contributed by atoms with Crippen LogP contribution < -0.4 is 14.4 Å². The maximum Gasteiger partial charge on any atom is 0.242 e. The number of rotatable bonds is 14. The van der Waals surface area contributed by atoms with Crippen LogP contribution in [0.5, 0.6) is 5.75 Å². The first-order chi connectivity index (χ1) is 17.5. The summed E-state index contributed by atoms with van der Waals surface area (Å²) in [6, 6.07) is 11.0. The lowest BCUT2D eigenvalue weighted by atomic mass is 10.1. The molecule has 0 aromatic heterocycles. The van der Waals surface area contributed by atoms with Crippen molar-refractivity contribution in [2.75, 3.05) is 30.8 Å². The van der Waals surface area contributed by atoms with Crippen molar-refractivity contribution in [2.45, 2.75) is 52.1 Å². The minimum atomic E-state index is -3.60. The summed E-state index contributed by atoms with van der Waals surface area (Å²) in [6.07, 6.45) is 3.17. The zero-order valence-electron chi connectivity index (χ0n) is 21.7. The molecule has 0 fully saturated rings. The Balaban J connectivity index is 2.19. The van der Waals surface area contributed by atoms with Gasteiger partial charge in [-0.2, -0.15) is 0 Å². The van der Waals surface area contributed by atoms with Crippen molar-refractivity contribution in [3.63, 3.8) is 0 Å². The largest absolute Gasteiger partial charge is 0.497 e. The molecule has 0 aliphatic heterocycles. The van der Waals surface area contributed by atoms with Crippen molar-refractivity contribution in [1.29, 1.82) is 0 Å². The first kappa shape index (κ1) is 30.7. The van der Waals surface area contributed by atoms with Gasteiger partial charge in [0.2, 0.25) is 21.8 Å². The molecule has 0 spiro atoms. The monoisotopic (exact) mass is 571 g/mol. The number of nitrogens with zero attached hydrogens (tertiary/aromatic N) is 2. The first-order valence-electron chi connectivity index (χ1n) is 12.1. The lowest BCUT2D eigenvalue weighted by Crippen LogP contribution is -2.48. The number of amides is 2. The molecule has 2 rings (SSSR count). The predicted octanol–water partition coefficient (Wildman–Crippen LogP) is 4.88. The Morgan fingerprint density at radius 1 is 1.11 bits per heavy atom. The van der Waals surface area contributed by atoms with Gasteiger partial charge in [-0.15, -0.1) is 0 Å². The van der Waals surface area contributed by atoms with E-state index < -0.39 is 16.1 Å². The van der Waals surface area contributed by atoms with Gasteiger partial charge in [0, 0.05) is 42.2 Å². The second kappa shape index (κ2) is 14.4. The minimum absolute atomic E-state index is 0.0355. The first-order valence-corrected chi connectivity index (χ1v) is 14.7. The van der Waals surface area contributed by atoms with Crippen LogP contribution >= 0.6 is 23.2 Å². The smallest absolute Gasteiger partial charge is 0.242 e. The second-order valence-electron chi connectivity index (χ2n) is 8.72. The third kappa shape index (κ3) is 9.39. The molecule has 2 aromatic carbocycles. The van der Waals surface area contributed by atoms with Gasteiger partial charge in [0.25, 0.3) is 0 Å². The van der Waals surface area contributed by atoms with E-state index in [1.165, 1.54) is 16.3 Å². The highest BCUT2D eigenvalue weighted by atomic mass is 35.5. The summed E-state index contributed by atoms with van der Waals surface area (Å²) in [7, 11) is -2.10.